The van der Waals surface area contributed by atoms with E-state index in [2.05, 4.69) is 21.4 Å². The van der Waals surface area contributed by atoms with Crippen LogP contribution in [0.1, 0.15) is 12.0 Å². The van der Waals surface area contributed by atoms with E-state index in [0.717, 1.165) is 4.47 Å². The van der Waals surface area contributed by atoms with Gasteiger partial charge in [0.05, 0.1) is 6.10 Å². The van der Waals surface area contributed by atoms with E-state index in [1.165, 1.54) is 0 Å². The van der Waals surface area contributed by atoms with Gasteiger partial charge in [-0.05, 0) is 24.1 Å². The number of hydroxylamine groups is 1. The number of halogens is 3. The molecule has 1 saturated carbocycles. The molecule has 0 radical (unpaired) electrons. The Bertz CT molecular complexity index is 428. The van der Waals surface area contributed by atoms with Crippen molar-refractivity contribution in [1.29, 1.82) is 0 Å². The predicted molar refractivity (Wildman–Crippen MR) is 57.9 cm³/mol. The van der Waals surface area contributed by atoms with E-state index in [9.17, 15) is 8.78 Å². The topological polar surface area (TPSA) is 21.3 Å². The first-order valence-corrected chi connectivity index (χ1v) is 5.91. The van der Waals surface area contributed by atoms with Gasteiger partial charge in [-0.1, -0.05) is 28.1 Å². The van der Waals surface area contributed by atoms with Crippen molar-refractivity contribution in [2.45, 2.75) is 24.5 Å². The molecule has 1 aromatic rings. The van der Waals surface area contributed by atoms with Crippen molar-refractivity contribution < 1.29 is 13.6 Å². The van der Waals surface area contributed by atoms with Gasteiger partial charge in [-0.3, -0.25) is 4.84 Å². The van der Waals surface area contributed by atoms with Gasteiger partial charge in [-0.25, -0.2) is 8.78 Å². The summed E-state index contributed by atoms with van der Waals surface area (Å²) in [4.78, 5) is 5.15. The highest BCUT2D eigenvalue weighted by Gasteiger charge is 2.65. The minimum atomic E-state index is -2.47. The Hall–Kier alpha value is -0.520. The molecule has 0 spiro atoms. The van der Waals surface area contributed by atoms with E-state index in [-0.39, 0.29) is 12.0 Å². The summed E-state index contributed by atoms with van der Waals surface area (Å²) in [6, 6.07) is 7.03. The number of rotatable bonds is 2. The van der Waals surface area contributed by atoms with Crippen molar-refractivity contribution in [2.24, 2.45) is 5.92 Å². The van der Waals surface area contributed by atoms with Crippen molar-refractivity contribution in [3.05, 3.63) is 34.3 Å². The first-order valence-electron chi connectivity index (χ1n) is 5.11. The zero-order valence-electron chi connectivity index (χ0n) is 8.29. The summed E-state index contributed by atoms with van der Waals surface area (Å²) < 4.78 is 27.5. The number of alkyl halides is 2. The van der Waals surface area contributed by atoms with Gasteiger partial charge in [0.1, 0.15) is 5.54 Å². The van der Waals surface area contributed by atoms with Crippen LogP contribution in [-0.4, -0.2) is 12.5 Å². The van der Waals surface area contributed by atoms with Crippen LogP contribution in [0.2, 0.25) is 0 Å². The second-order valence-corrected chi connectivity index (χ2v) is 5.20. The number of fused-ring (bicyclic) bond motifs is 1. The summed E-state index contributed by atoms with van der Waals surface area (Å²) in [5.74, 6) is -0.109. The molecule has 1 aromatic carbocycles. The first-order chi connectivity index (χ1) is 7.64. The van der Waals surface area contributed by atoms with Gasteiger partial charge in [-0.2, -0.15) is 5.48 Å². The third-order valence-corrected chi connectivity index (χ3v) is 3.84. The lowest BCUT2D eigenvalue weighted by atomic mass is 9.86. The molecule has 0 amide bonds. The predicted octanol–water partition coefficient (Wildman–Crippen LogP) is 2.83. The average molecular weight is 290 g/mol. The normalized spacial score (nSPS) is 36.5. The zero-order valence-corrected chi connectivity index (χ0v) is 9.88. The lowest BCUT2D eigenvalue weighted by Crippen LogP contribution is -2.46. The summed E-state index contributed by atoms with van der Waals surface area (Å²) >= 11 is 3.30. The van der Waals surface area contributed by atoms with E-state index in [0.29, 0.717) is 12.0 Å². The monoisotopic (exact) mass is 289 g/mol. The van der Waals surface area contributed by atoms with Crippen LogP contribution in [0.3, 0.4) is 0 Å². The molecule has 2 nitrogen and oxygen atoms in total. The highest BCUT2D eigenvalue weighted by atomic mass is 79.9. The van der Waals surface area contributed by atoms with Gasteiger partial charge in [0.2, 0.25) is 0 Å². The van der Waals surface area contributed by atoms with E-state index in [4.69, 9.17) is 4.84 Å². The molecule has 5 heteroatoms. The quantitative estimate of drug-likeness (QED) is 0.904. The van der Waals surface area contributed by atoms with Crippen LogP contribution in [0, 0.1) is 5.92 Å². The van der Waals surface area contributed by atoms with E-state index in [1.807, 2.05) is 6.07 Å². The molecule has 1 aliphatic carbocycles. The smallest absolute Gasteiger partial charge is 0.263 e. The van der Waals surface area contributed by atoms with Gasteiger partial charge in [0.15, 0.2) is 0 Å². The molecule has 2 aliphatic rings. The lowest BCUT2D eigenvalue weighted by Gasteiger charge is -2.30. The van der Waals surface area contributed by atoms with Crippen LogP contribution >= 0.6 is 15.9 Å². The molecule has 1 N–H and O–H groups in total. The number of nitrogens with one attached hydrogen (secondary N) is 1. The summed E-state index contributed by atoms with van der Waals surface area (Å²) in [5, 5.41) is 0. The Kier molecular flexibility index (Phi) is 2.31. The molecule has 1 unspecified atom stereocenters. The highest BCUT2D eigenvalue weighted by molar-refractivity contribution is 9.10. The standard InChI is InChI=1S/C11H10BrF2NO/c12-7-3-1-2-6(4-7)11(10(13)14)8-5-9(8)16-15-11/h1-4,8-10,15H,5H2/t8?,9-,11-/m1/s1. The number of hydrogen-bond acceptors (Lipinski definition) is 2. The third kappa shape index (κ3) is 1.35. The van der Waals surface area contributed by atoms with Crippen LogP contribution in [0.5, 0.6) is 0 Å². The zero-order chi connectivity index (χ0) is 11.3. The SMILES string of the molecule is FC(F)[C@]1(c2cccc(Br)c2)NO[C@@H]2CC21. The summed E-state index contributed by atoms with van der Waals surface area (Å²) in [7, 11) is 0. The molecule has 1 heterocycles. The molecule has 0 aromatic heterocycles. The van der Waals surface area contributed by atoms with E-state index in [1.54, 1.807) is 18.2 Å². The fourth-order valence-electron chi connectivity index (χ4n) is 2.38. The second kappa shape index (κ2) is 3.48. The molecule has 86 valence electrons. The van der Waals surface area contributed by atoms with Gasteiger partial charge in [-0.15, -0.1) is 0 Å². The summed E-state index contributed by atoms with van der Waals surface area (Å²) in [6.07, 6.45) is -1.81. The van der Waals surface area contributed by atoms with Gasteiger partial charge in [0.25, 0.3) is 6.43 Å². The molecular weight excluding hydrogens is 280 g/mol. The average Bonchev–Trinajstić information content (AvgIpc) is 2.92. The molecule has 0 bridgehead atoms. The molecule has 2 fully saturated rings. The Morgan fingerprint density at radius 3 is 2.81 bits per heavy atom. The number of hydrogen-bond donors (Lipinski definition) is 1. The van der Waals surface area contributed by atoms with Crippen LogP contribution in [-0.2, 0) is 10.4 Å². The summed E-state index contributed by atoms with van der Waals surface area (Å²) in [5.41, 5.74) is 1.80. The largest absolute Gasteiger partial charge is 0.297 e. The molecule has 1 aliphatic heterocycles. The Labute approximate surface area is 100 Å². The third-order valence-electron chi connectivity index (χ3n) is 3.34. The van der Waals surface area contributed by atoms with Gasteiger partial charge < -0.3 is 0 Å². The van der Waals surface area contributed by atoms with Crippen LogP contribution < -0.4 is 5.48 Å². The molecule has 3 atom stereocenters. The maximum atomic E-state index is 13.3. The van der Waals surface area contributed by atoms with Gasteiger partial charge in [0, 0.05) is 10.4 Å². The number of benzene rings is 1. The van der Waals surface area contributed by atoms with Crippen LogP contribution in [0.4, 0.5) is 8.78 Å². The molecule has 3 rings (SSSR count). The summed E-state index contributed by atoms with van der Waals surface area (Å²) in [6.45, 7) is 0. The fraction of sp³-hybridized carbons (Fsp3) is 0.455. The van der Waals surface area contributed by atoms with Gasteiger partial charge >= 0.3 is 0 Å². The minimum Gasteiger partial charge on any atom is -0.297 e. The molecule has 16 heavy (non-hydrogen) atoms. The maximum Gasteiger partial charge on any atom is 0.263 e. The molecule has 1 saturated heterocycles. The maximum absolute atomic E-state index is 13.3. The Balaban J connectivity index is 2.07. The fourth-order valence-corrected chi connectivity index (χ4v) is 2.78. The van der Waals surface area contributed by atoms with Crippen LogP contribution in [0.15, 0.2) is 28.7 Å². The Morgan fingerprint density at radius 2 is 2.31 bits per heavy atom. The first kappa shape index (κ1) is 10.6. The second-order valence-electron chi connectivity index (χ2n) is 4.28. The molecular formula is C11H10BrF2NO. The lowest BCUT2D eigenvalue weighted by molar-refractivity contribution is -0.0552. The minimum absolute atomic E-state index is 0.0482. The van der Waals surface area contributed by atoms with E-state index < -0.39 is 12.0 Å². The van der Waals surface area contributed by atoms with Crippen molar-refractivity contribution >= 4 is 15.9 Å². The Morgan fingerprint density at radius 1 is 1.50 bits per heavy atom. The van der Waals surface area contributed by atoms with Crippen LogP contribution in [0.25, 0.3) is 0 Å². The van der Waals surface area contributed by atoms with Crippen molar-refractivity contribution in [3.8, 4) is 0 Å². The van der Waals surface area contributed by atoms with Crippen molar-refractivity contribution in [1.82, 2.24) is 5.48 Å². The van der Waals surface area contributed by atoms with E-state index >= 15 is 0 Å². The highest BCUT2D eigenvalue weighted by Crippen LogP contribution is 2.55. The van der Waals surface area contributed by atoms with Crippen molar-refractivity contribution in [2.75, 3.05) is 0 Å². The van der Waals surface area contributed by atoms with Crippen molar-refractivity contribution in [3.63, 3.8) is 0 Å².